The Morgan fingerprint density at radius 3 is 2.67 bits per heavy atom. The number of nitrogens with one attached hydrogen (secondary N) is 1. The lowest BCUT2D eigenvalue weighted by Gasteiger charge is -2.02. The van der Waals surface area contributed by atoms with Crippen molar-refractivity contribution in [3.8, 4) is 22.2 Å². The van der Waals surface area contributed by atoms with Crippen LogP contribution in [-0.2, 0) is 0 Å². The molecule has 0 unspecified atom stereocenters. The summed E-state index contributed by atoms with van der Waals surface area (Å²) in [6, 6.07) is 11.9. The highest BCUT2D eigenvalue weighted by molar-refractivity contribution is 7.13. The molecule has 5 nitrogen and oxygen atoms in total. The lowest BCUT2D eigenvalue weighted by molar-refractivity contribution is 0.432. The van der Waals surface area contributed by atoms with Gasteiger partial charge in [0.05, 0.1) is 11.4 Å². The van der Waals surface area contributed by atoms with Gasteiger partial charge < -0.3 is 9.84 Å². The van der Waals surface area contributed by atoms with Gasteiger partial charge in [0.2, 0.25) is 5.82 Å². The summed E-state index contributed by atoms with van der Waals surface area (Å²) in [5.41, 5.74) is 1.99. The number of thiophene rings is 1. The lowest BCUT2D eigenvalue weighted by atomic mass is 10.1. The van der Waals surface area contributed by atoms with Crippen LogP contribution in [-0.4, -0.2) is 29.1 Å². The highest BCUT2D eigenvalue weighted by Gasteiger charge is 2.12. The number of hydrogen-bond donors (Lipinski definition) is 1. The van der Waals surface area contributed by atoms with E-state index in [0.29, 0.717) is 11.7 Å². The molecule has 0 aliphatic carbocycles. The number of aromatic nitrogens is 2. The SMILES string of the molecule is c1csc(-c2noc(-c3ccc(C4=NCCN4)cc3)n2)c1. The first-order valence-corrected chi connectivity index (χ1v) is 7.55. The van der Waals surface area contributed by atoms with Gasteiger partial charge >= 0.3 is 0 Å². The molecule has 3 heterocycles. The average Bonchev–Trinajstić information content (AvgIpc) is 3.27. The molecule has 0 saturated heterocycles. The molecule has 6 heteroatoms. The number of amidine groups is 1. The molecule has 3 aromatic rings. The zero-order valence-electron chi connectivity index (χ0n) is 11.1. The molecule has 0 atom stereocenters. The minimum absolute atomic E-state index is 0.534. The van der Waals surface area contributed by atoms with Gasteiger partial charge in [0.25, 0.3) is 5.89 Å². The van der Waals surface area contributed by atoms with Crippen LogP contribution in [0, 0.1) is 0 Å². The van der Waals surface area contributed by atoms with E-state index in [4.69, 9.17) is 4.52 Å². The van der Waals surface area contributed by atoms with E-state index in [9.17, 15) is 0 Å². The first kappa shape index (κ1) is 12.3. The van der Waals surface area contributed by atoms with Crippen molar-refractivity contribution in [3.05, 3.63) is 47.3 Å². The Kier molecular flexibility index (Phi) is 3.01. The van der Waals surface area contributed by atoms with Crippen LogP contribution in [0.15, 0.2) is 51.3 Å². The summed E-state index contributed by atoms with van der Waals surface area (Å²) in [7, 11) is 0. The van der Waals surface area contributed by atoms with Gasteiger partial charge in [-0.25, -0.2) is 0 Å². The molecule has 0 amide bonds. The largest absolute Gasteiger partial charge is 0.368 e. The summed E-state index contributed by atoms with van der Waals surface area (Å²) in [4.78, 5) is 9.84. The number of benzene rings is 1. The number of hydrogen-bond acceptors (Lipinski definition) is 6. The van der Waals surface area contributed by atoms with Crippen molar-refractivity contribution < 1.29 is 4.52 Å². The predicted octanol–water partition coefficient (Wildman–Crippen LogP) is 2.81. The zero-order valence-corrected chi connectivity index (χ0v) is 11.9. The second-order valence-corrected chi connectivity index (χ2v) is 5.58. The molecule has 21 heavy (non-hydrogen) atoms. The Morgan fingerprint density at radius 1 is 1.10 bits per heavy atom. The van der Waals surface area contributed by atoms with Crippen molar-refractivity contribution in [2.75, 3.05) is 13.1 Å². The summed E-state index contributed by atoms with van der Waals surface area (Å²) in [5, 5.41) is 9.27. The monoisotopic (exact) mass is 296 g/mol. The fourth-order valence-corrected chi connectivity index (χ4v) is 2.86. The molecule has 0 spiro atoms. The molecule has 104 valence electrons. The summed E-state index contributed by atoms with van der Waals surface area (Å²) < 4.78 is 5.34. The van der Waals surface area contributed by atoms with E-state index in [0.717, 1.165) is 34.9 Å². The van der Waals surface area contributed by atoms with Gasteiger partial charge in [0, 0.05) is 17.7 Å². The number of rotatable bonds is 3. The van der Waals surface area contributed by atoms with Crippen LogP contribution in [0.4, 0.5) is 0 Å². The predicted molar refractivity (Wildman–Crippen MR) is 82.5 cm³/mol. The third-order valence-corrected chi connectivity index (χ3v) is 4.11. The highest BCUT2D eigenvalue weighted by Crippen LogP contribution is 2.25. The molecule has 4 rings (SSSR count). The van der Waals surface area contributed by atoms with Gasteiger partial charge in [-0.15, -0.1) is 11.3 Å². The second kappa shape index (κ2) is 5.14. The Morgan fingerprint density at radius 2 is 1.95 bits per heavy atom. The van der Waals surface area contributed by atoms with Gasteiger partial charge in [-0.1, -0.05) is 23.4 Å². The molecule has 0 saturated carbocycles. The van der Waals surface area contributed by atoms with E-state index in [1.165, 1.54) is 0 Å². The maximum Gasteiger partial charge on any atom is 0.258 e. The lowest BCUT2D eigenvalue weighted by Crippen LogP contribution is -2.19. The van der Waals surface area contributed by atoms with E-state index in [1.54, 1.807) is 11.3 Å². The van der Waals surface area contributed by atoms with Crippen molar-refractivity contribution in [1.29, 1.82) is 0 Å². The molecule has 0 fully saturated rings. The first-order valence-electron chi connectivity index (χ1n) is 6.67. The molecule has 1 aromatic carbocycles. The molecular formula is C15H12N4OS. The molecular weight excluding hydrogens is 284 g/mol. The van der Waals surface area contributed by atoms with Crippen LogP contribution in [0.25, 0.3) is 22.2 Å². The van der Waals surface area contributed by atoms with Crippen molar-refractivity contribution in [2.24, 2.45) is 4.99 Å². The first-order chi connectivity index (χ1) is 10.4. The van der Waals surface area contributed by atoms with Crippen molar-refractivity contribution in [1.82, 2.24) is 15.5 Å². The minimum Gasteiger partial charge on any atom is -0.368 e. The summed E-state index contributed by atoms with van der Waals surface area (Å²) in [6.45, 7) is 1.75. The molecule has 1 aliphatic rings. The van der Waals surface area contributed by atoms with Gasteiger partial charge in [-0.2, -0.15) is 4.98 Å². The van der Waals surface area contributed by atoms with Gasteiger partial charge in [-0.3, -0.25) is 4.99 Å². The third-order valence-electron chi connectivity index (χ3n) is 3.25. The van der Waals surface area contributed by atoms with Crippen LogP contribution in [0.3, 0.4) is 0 Å². The van der Waals surface area contributed by atoms with E-state index in [2.05, 4.69) is 20.4 Å². The smallest absolute Gasteiger partial charge is 0.258 e. The van der Waals surface area contributed by atoms with E-state index < -0.39 is 0 Å². The maximum atomic E-state index is 5.34. The normalized spacial score (nSPS) is 14.0. The van der Waals surface area contributed by atoms with Crippen molar-refractivity contribution in [2.45, 2.75) is 0 Å². The Labute approximate surface area is 125 Å². The highest BCUT2D eigenvalue weighted by atomic mass is 32.1. The van der Waals surface area contributed by atoms with Crippen LogP contribution < -0.4 is 5.32 Å². The Hall–Kier alpha value is -2.47. The minimum atomic E-state index is 0.534. The molecule has 1 aliphatic heterocycles. The fraction of sp³-hybridized carbons (Fsp3) is 0.133. The van der Waals surface area contributed by atoms with Crippen LogP contribution in [0.1, 0.15) is 5.56 Å². The van der Waals surface area contributed by atoms with Gasteiger partial charge in [0.15, 0.2) is 0 Å². The molecule has 0 bridgehead atoms. The quantitative estimate of drug-likeness (QED) is 0.807. The van der Waals surface area contributed by atoms with Crippen molar-refractivity contribution >= 4 is 17.2 Å². The number of aliphatic imine (C=N–C) groups is 1. The molecule has 1 N–H and O–H groups in total. The Bertz CT molecular complexity index is 774. The van der Waals surface area contributed by atoms with Crippen molar-refractivity contribution in [3.63, 3.8) is 0 Å². The summed E-state index contributed by atoms with van der Waals surface area (Å²) in [5.74, 6) is 2.11. The Balaban J connectivity index is 1.62. The van der Waals surface area contributed by atoms with Crippen LogP contribution >= 0.6 is 11.3 Å². The summed E-state index contributed by atoms with van der Waals surface area (Å²) >= 11 is 1.59. The number of nitrogens with zero attached hydrogens (tertiary/aromatic N) is 3. The molecule has 0 radical (unpaired) electrons. The van der Waals surface area contributed by atoms with Gasteiger partial charge in [-0.05, 0) is 23.6 Å². The van der Waals surface area contributed by atoms with Crippen LogP contribution in [0.2, 0.25) is 0 Å². The summed E-state index contributed by atoms with van der Waals surface area (Å²) in [6.07, 6.45) is 0. The topological polar surface area (TPSA) is 63.3 Å². The van der Waals surface area contributed by atoms with E-state index >= 15 is 0 Å². The zero-order chi connectivity index (χ0) is 14.1. The van der Waals surface area contributed by atoms with E-state index in [1.807, 2.05) is 41.8 Å². The van der Waals surface area contributed by atoms with Crippen LogP contribution in [0.5, 0.6) is 0 Å². The average molecular weight is 296 g/mol. The third kappa shape index (κ3) is 2.34. The standard InChI is InChI=1S/C15H12N4OS/c1-2-12(21-9-1)14-18-15(20-19-14)11-5-3-10(4-6-11)13-16-7-8-17-13/h1-6,9H,7-8H2,(H,16,17). The fourth-order valence-electron chi connectivity index (χ4n) is 2.21. The maximum absolute atomic E-state index is 5.34. The van der Waals surface area contributed by atoms with Gasteiger partial charge in [0.1, 0.15) is 5.84 Å². The van der Waals surface area contributed by atoms with E-state index in [-0.39, 0.29) is 0 Å². The second-order valence-electron chi connectivity index (χ2n) is 4.63. The molecule has 2 aromatic heterocycles.